The van der Waals surface area contributed by atoms with Crippen molar-refractivity contribution in [1.29, 1.82) is 0 Å². The van der Waals surface area contributed by atoms with Crippen LogP contribution >= 0.6 is 0 Å². The van der Waals surface area contributed by atoms with Gasteiger partial charge in [-0.05, 0) is 36.0 Å². The van der Waals surface area contributed by atoms with Crippen LogP contribution in [0.5, 0.6) is 5.88 Å². The van der Waals surface area contributed by atoms with Crippen LogP contribution in [0, 0.1) is 6.92 Å². The molecule has 0 bridgehead atoms. The summed E-state index contributed by atoms with van der Waals surface area (Å²) in [7, 11) is 0. The lowest BCUT2D eigenvalue weighted by Crippen LogP contribution is -2.37. The highest BCUT2D eigenvalue weighted by atomic mass is 19.4. The molecule has 2 aromatic rings. The predicted molar refractivity (Wildman–Crippen MR) is 128 cm³/mol. The molecule has 0 saturated carbocycles. The Morgan fingerprint density at radius 1 is 1.14 bits per heavy atom. The van der Waals surface area contributed by atoms with Gasteiger partial charge in [0.2, 0.25) is 17.7 Å². The highest BCUT2D eigenvalue weighted by Gasteiger charge is 2.42. The number of hydrogen-bond donors (Lipinski definition) is 4. The third-order valence-electron chi connectivity index (χ3n) is 4.92. The molecule has 15 heteroatoms. The van der Waals surface area contributed by atoms with Crippen molar-refractivity contribution in [2.24, 2.45) is 16.6 Å². The van der Waals surface area contributed by atoms with Crippen LogP contribution in [0.2, 0.25) is 0 Å². The molecule has 6 N–H and O–H groups in total. The summed E-state index contributed by atoms with van der Waals surface area (Å²) in [5.41, 5.74) is 11.2. The lowest BCUT2D eigenvalue weighted by Gasteiger charge is -2.16. The van der Waals surface area contributed by atoms with Crippen molar-refractivity contribution >= 4 is 23.7 Å². The van der Waals surface area contributed by atoms with Gasteiger partial charge in [-0.15, -0.1) is 0 Å². The van der Waals surface area contributed by atoms with Crippen LogP contribution < -0.4 is 32.4 Å². The second-order valence-electron chi connectivity index (χ2n) is 7.68. The van der Waals surface area contributed by atoms with Gasteiger partial charge in [0, 0.05) is 6.54 Å². The van der Waals surface area contributed by atoms with E-state index < -0.39 is 36.0 Å². The summed E-state index contributed by atoms with van der Waals surface area (Å²) in [6, 6.07) is 7.75. The smallest absolute Gasteiger partial charge is 0.399 e. The van der Waals surface area contributed by atoms with Gasteiger partial charge in [-0.1, -0.05) is 31.2 Å². The Kier molecular flexibility index (Phi) is 10.3. The highest BCUT2D eigenvalue weighted by molar-refractivity contribution is 5.78. The Hall–Kier alpha value is -4.30. The van der Waals surface area contributed by atoms with E-state index in [0.717, 1.165) is 22.1 Å². The number of carbonyl (C=O) groups is 2. The third-order valence-corrected chi connectivity index (χ3v) is 4.92. The number of aryl methyl sites for hydroxylation is 1. The standard InChI is InChI=1S/C22H28F3N7O5/c1-3-14-4-6-15(7-5-14)8-9-29-17-19(34)32(12-16(33)28-10-11-36-31-21(26)27)13(2)18(30-17)37-20(35)22(23,24)25/h4-7H,3,8-12H2,1-2H3,(H,28,33)(H,29,30)(H4,26,27,31). The molecule has 0 aliphatic heterocycles. The van der Waals surface area contributed by atoms with Crippen LogP contribution in [-0.2, 0) is 33.8 Å². The number of oxime groups is 1. The number of aromatic nitrogens is 2. The van der Waals surface area contributed by atoms with Crippen molar-refractivity contribution < 1.29 is 32.3 Å². The van der Waals surface area contributed by atoms with Crippen molar-refractivity contribution in [1.82, 2.24) is 14.9 Å². The first-order valence-corrected chi connectivity index (χ1v) is 11.1. The van der Waals surface area contributed by atoms with E-state index in [1.54, 1.807) is 0 Å². The first kappa shape index (κ1) is 28.9. The number of anilines is 1. The first-order valence-electron chi connectivity index (χ1n) is 11.1. The van der Waals surface area contributed by atoms with Gasteiger partial charge in [-0.2, -0.15) is 18.2 Å². The molecule has 12 nitrogen and oxygen atoms in total. The summed E-state index contributed by atoms with van der Waals surface area (Å²) in [6.07, 6.45) is -3.95. The summed E-state index contributed by atoms with van der Waals surface area (Å²) in [5, 5.41) is 8.45. The molecular weight excluding hydrogens is 499 g/mol. The van der Waals surface area contributed by atoms with E-state index in [1.165, 1.54) is 6.92 Å². The maximum Gasteiger partial charge on any atom is 0.491 e. The predicted octanol–water partition coefficient (Wildman–Crippen LogP) is 0.558. The van der Waals surface area contributed by atoms with Gasteiger partial charge in [0.05, 0.1) is 12.2 Å². The molecule has 1 aromatic carbocycles. The summed E-state index contributed by atoms with van der Waals surface area (Å²) in [5.74, 6) is -4.66. The zero-order valence-electron chi connectivity index (χ0n) is 20.2. The van der Waals surface area contributed by atoms with E-state index in [0.29, 0.717) is 6.42 Å². The number of benzene rings is 1. The summed E-state index contributed by atoms with van der Waals surface area (Å²) in [4.78, 5) is 45.2. The fraction of sp³-hybridized carbons (Fsp3) is 0.409. The fourth-order valence-electron chi connectivity index (χ4n) is 3.00. The number of amides is 1. The van der Waals surface area contributed by atoms with E-state index in [4.69, 9.17) is 16.3 Å². The molecule has 1 amide bonds. The largest absolute Gasteiger partial charge is 0.491 e. The number of hydrogen-bond acceptors (Lipinski definition) is 8. The second-order valence-corrected chi connectivity index (χ2v) is 7.68. The minimum Gasteiger partial charge on any atom is -0.399 e. The van der Waals surface area contributed by atoms with Crippen LogP contribution in [0.15, 0.2) is 34.2 Å². The average molecular weight is 528 g/mol. The number of ether oxygens (including phenoxy) is 1. The van der Waals surface area contributed by atoms with Gasteiger partial charge >= 0.3 is 12.1 Å². The molecular formula is C22H28F3N7O5. The van der Waals surface area contributed by atoms with Crippen LogP contribution in [0.4, 0.5) is 19.0 Å². The van der Waals surface area contributed by atoms with Crippen molar-refractivity contribution in [2.45, 2.75) is 39.4 Å². The summed E-state index contributed by atoms with van der Waals surface area (Å²) >= 11 is 0. The number of alkyl halides is 3. The van der Waals surface area contributed by atoms with E-state index in [9.17, 15) is 27.6 Å². The van der Waals surface area contributed by atoms with Gasteiger partial charge < -0.3 is 31.7 Å². The molecule has 202 valence electrons. The number of esters is 1. The number of nitrogens with zero attached hydrogens (tertiary/aromatic N) is 3. The van der Waals surface area contributed by atoms with Gasteiger partial charge in [-0.3, -0.25) is 14.2 Å². The quantitative estimate of drug-likeness (QED) is 0.101. The van der Waals surface area contributed by atoms with Gasteiger partial charge in [0.15, 0.2) is 5.82 Å². The number of rotatable bonds is 12. The topological polar surface area (TPSA) is 176 Å². The van der Waals surface area contributed by atoms with Crippen LogP contribution in [-0.4, -0.2) is 53.3 Å². The van der Waals surface area contributed by atoms with Crippen molar-refractivity contribution in [3.63, 3.8) is 0 Å². The van der Waals surface area contributed by atoms with E-state index in [-0.39, 0.29) is 37.2 Å². The van der Waals surface area contributed by atoms with Gasteiger partial charge in [0.1, 0.15) is 13.2 Å². The monoisotopic (exact) mass is 527 g/mol. The molecule has 1 aromatic heterocycles. The van der Waals surface area contributed by atoms with Crippen LogP contribution in [0.25, 0.3) is 0 Å². The van der Waals surface area contributed by atoms with Gasteiger partial charge in [-0.25, -0.2) is 4.79 Å². The van der Waals surface area contributed by atoms with Gasteiger partial charge in [0.25, 0.3) is 5.56 Å². The molecule has 0 saturated heterocycles. The Balaban J connectivity index is 2.21. The fourth-order valence-corrected chi connectivity index (χ4v) is 3.00. The molecule has 0 radical (unpaired) electrons. The van der Waals surface area contributed by atoms with E-state index in [2.05, 4.69) is 25.5 Å². The zero-order valence-corrected chi connectivity index (χ0v) is 20.2. The molecule has 1 heterocycles. The Morgan fingerprint density at radius 3 is 2.38 bits per heavy atom. The maximum atomic E-state index is 13.0. The molecule has 2 rings (SSSR count). The number of nitrogens with two attached hydrogens (primary N) is 2. The molecule has 0 atom stereocenters. The first-order chi connectivity index (χ1) is 17.4. The van der Waals surface area contributed by atoms with Crippen molar-refractivity contribution in [3.8, 4) is 5.88 Å². The zero-order chi connectivity index (χ0) is 27.6. The lowest BCUT2D eigenvalue weighted by molar-refractivity contribution is -0.190. The molecule has 0 spiro atoms. The Bertz CT molecular complexity index is 1180. The van der Waals surface area contributed by atoms with Crippen LogP contribution in [0.3, 0.4) is 0 Å². The number of halogens is 3. The normalized spacial score (nSPS) is 10.9. The summed E-state index contributed by atoms with van der Waals surface area (Å²) in [6.45, 7) is 2.69. The van der Waals surface area contributed by atoms with E-state index >= 15 is 0 Å². The SMILES string of the molecule is CCc1ccc(CCNc2nc(OC(=O)C(F)(F)F)c(C)n(CC(=O)NCCON=C(N)N)c2=O)cc1. The highest BCUT2D eigenvalue weighted by Crippen LogP contribution is 2.21. The molecule has 0 aliphatic rings. The summed E-state index contributed by atoms with van der Waals surface area (Å²) < 4.78 is 43.5. The number of guanidine groups is 1. The number of carbonyl (C=O) groups excluding carboxylic acids is 2. The third kappa shape index (κ3) is 9.01. The molecule has 0 aliphatic carbocycles. The minimum absolute atomic E-state index is 0.0354. The van der Waals surface area contributed by atoms with Crippen molar-refractivity contribution in [2.75, 3.05) is 25.0 Å². The van der Waals surface area contributed by atoms with E-state index in [1.807, 2.05) is 31.2 Å². The molecule has 0 unspecified atom stereocenters. The number of nitrogens with one attached hydrogen (secondary N) is 2. The molecule has 37 heavy (non-hydrogen) atoms. The maximum absolute atomic E-state index is 13.0. The lowest BCUT2D eigenvalue weighted by atomic mass is 10.1. The Morgan fingerprint density at radius 2 is 1.78 bits per heavy atom. The second kappa shape index (κ2) is 13.1. The molecule has 0 fully saturated rings. The minimum atomic E-state index is -5.29. The van der Waals surface area contributed by atoms with Crippen LogP contribution in [0.1, 0.15) is 23.7 Å². The Labute approximate surface area is 209 Å². The van der Waals surface area contributed by atoms with Crippen molar-refractivity contribution in [3.05, 3.63) is 51.4 Å². The average Bonchev–Trinajstić information content (AvgIpc) is 2.83.